The second-order valence-corrected chi connectivity index (χ2v) is 5.39. The smallest absolute Gasteiger partial charge is 0.272 e. The van der Waals surface area contributed by atoms with Crippen LogP contribution in [-0.2, 0) is 6.54 Å². The second-order valence-electron chi connectivity index (χ2n) is 4.48. The molecule has 6 nitrogen and oxygen atoms in total. The summed E-state index contributed by atoms with van der Waals surface area (Å²) in [4.78, 5) is 18.9. The van der Waals surface area contributed by atoms with Gasteiger partial charge in [0, 0.05) is 16.4 Å². The number of halogens is 1. The van der Waals surface area contributed by atoms with Crippen molar-refractivity contribution in [2.24, 2.45) is 0 Å². The first-order valence-electron chi connectivity index (χ1n) is 6.27. The predicted octanol–water partition coefficient (Wildman–Crippen LogP) is 2.67. The van der Waals surface area contributed by atoms with Gasteiger partial charge in [0.05, 0.1) is 6.54 Å². The maximum absolute atomic E-state index is 12.1. The van der Waals surface area contributed by atoms with E-state index in [9.17, 15) is 4.79 Å². The number of rotatable bonds is 4. The molecule has 1 aromatic carbocycles. The molecule has 0 aliphatic rings. The van der Waals surface area contributed by atoms with Gasteiger partial charge in [-0.2, -0.15) is 5.10 Å². The Balaban J connectivity index is 1.72. The number of aromatic amines is 1. The Labute approximate surface area is 129 Å². The highest BCUT2D eigenvalue weighted by molar-refractivity contribution is 9.10. The lowest BCUT2D eigenvalue weighted by Crippen LogP contribution is -2.12. The Morgan fingerprint density at radius 3 is 3.00 bits per heavy atom. The van der Waals surface area contributed by atoms with E-state index in [0.29, 0.717) is 12.2 Å². The normalized spacial score (nSPS) is 10.5. The van der Waals surface area contributed by atoms with Crippen LogP contribution >= 0.6 is 15.9 Å². The van der Waals surface area contributed by atoms with Crippen LogP contribution in [0.3, 0.4) is 0 Å². The molecule has 0 aliphatic carbocycles. The fourth-order valence-corrected chi connectivity index (χ4v) is 2.29. The van der Waals surface area contributed by atoms with E-state index in [1.807, 2.05) is 24.3 Å². The zero-order valence-electron chi connectivity index (χ0n) is 11.0. The van der Waals surface area contributed by atoms with Gasteiger partial charge in [-0.25, -0.2) is 9.67 Å². The Bertz CT molecular complexity index is 750. The number of anilines is 1. The summed E-state index contributed by atoms with van der Waals surface area (Å²) < 4.78 is 2.57. The van der Waals surface area contributed by atoms with Crippen molar-refractivity contribution in [3.8, 4) is 0 Å². The van der Waals surface area contributed by atoms with Gasteiger partial charge in [0.15, 0.2) is 0 Å². The maximum atomic E-state index is 12.1. The van der Waals surface area contributed by atoms with Gasteiger partial charge in [0.2, 0.25) is 0 Å². The molecule has 0 bridgehead atoms. The molecule has 0 aliphatic heterocycles. The molecule has 1 amide bonds. The van der Waals surface area contributed by atoms with E-state index in [4.69, 9.17) is 0 Å². The van der Waals surface area contributed by atoms with Crippen LogP contribution in [0.1, 0.15) is 16.1 Å². The Morgan fingerprint density at radius 2 is 2.29 bits per heavy atom. The van der Waals surface area contributed by atoms with E-state index in [0.717, 1.165) is 15.7 Å². The third-order valence-corrected chi connectivity index (χ3v) is 3.35. The summed E-state index contributed by atoms with van der Waals surface area (Å²) in [5.41, 5.74) is 2.28. The molecule has 0 spiro atoms. The van der Waals surface area contributed by atoms with Gasteiger partial charge in [0.1, 0.15) is 18.3 Å². The summed E-state index contributed by atoms with van der Waals surface area (Å²) in [6.07, 6.45) is 4.87. The lowest BCUT2D eigenvalue weighted by molar-refractivity contribution is 0.102. The third-order valence-electron chi connectivity index (χ3n) is 2.89. The van der Waals surface area contributed by atoms with Crippen molar-refractivity contribution in [1.29, 1.82) is 0 Å². The highest BCUT2D eigenvalue weighted by atomic mass is 79.9. The van der Waals surface area contributed by atoms with E-state index in [-0.39, 0.29) is 5.91 Å². The standard InChI is InChI=1S/C14H12BrN5O/c15-11-5-13(17-6-11)14(21)19-12-3-1-2-10(4-12)7-20-9-16-8-18-20/h1-6,8-9,17H,7H2,(H,19,21). The summed E-state index contributed by atoms with van der Waals surface area (Å²) in [5.74, 6) is -0.182. The topological polar surface area (TPSA) is 75.6 Å². The highest BCUT2D eigenvalue weighted by Gasteiger charge is 2.08. The Kier molecular flexibility index (Phi) is 3.83. The number of carbonyl (C=O) groups is 1. The van der Waals surface area contributed by atoms with E-state index in [2.05, 4.69) is 36.3 Å². The molecule has 106 valence electrons. The van der Waals surface area contributed by atoms with E-state index >= 15 is 0 Å². The van der Waals surface area contributed by atoms with Crippen molar-refractivity contribution >= 4 is 27.5 Å². The van der Waals surface area contributed by atoms with Gasteiger partial charge in [-0.1, -0.05) is 12.1 Å². The molecule has 0 saturated carbocycles. The van der Waals surface area contributed by atoms with E-state index in [1.165, 1.54) is 6.33 Å². The van der Waals surface area contributed by atoms with Crippen LogP contribution in [0.15, 0.2) is 53.7 Å². The molecular weight excluding hydrogens is 334 g/mol. The quantitative estimate of drug-likeness (QED) is 0.763. The lowest BCUT2D eigenvalue weighted by atomic mass is 10.2. The van der Waals surface area contributed by atoms with Gasteiger partial charge >= 0.3 is 0 Å². The van der Waals surface area contributed by atoms with Crippen LogP contribution in [0.4, 0.5) is 5.69 Å². The minimum atomic E-state index is -0.182. The molecule has 0 atom stereocenters. The molecule has 0 saturated heterocycles. The zero-order valence-corrected chi connectivity index (χ0v) is 12.5. The molecule has 2 N–H and O–H groups in total. The van der Waals surface area contributed by atoms with Crippen molar-refractivity contribution in [3.05, 3.63) is 64.9 Å². The number of nitrogens with zero attached hydrogens (tertiary/aromatic N) is 3. The molecule has 21 heavy (non-hydrogen) atoms. The average molecular weight is 346 g/mol. The van der Waals surface area contributed by atoms with Crippen LogP contribution in [0.25, 0.3) is 0 Å². The molecule has 3 rings (SSSR count). The second kappa shape index (κ2) is 5.92. The first kappa shape index (κ1) is 13.6. The van der Waals surface area contributed by atoms with Gasteiger partial charge in [-0.05, 0) is 39.7 Å². The number of nitrogens with one attached hydrogen (secondary N) is 2. The van der Waals surface area contributed by atoms with E-state index in [1.54, 1.807) is 23.3 Å². The van der Waals surface area contributed by atoms with Crippen LogP contribution in [-0.4, -0.2) is 25.7 Å². The molecule has 2 aromatic heterocycles. The summed E-state index contributed by atoms with van der Waals surface area (Å²) in [6, 6.07) is 9.36. The number of H-pyrrole nitrogens is 1. The Morgan fingerprint density at radius 1 is 1.38 bits per heavy atom. The third kappa shape index (κ3) is 3.38. The van der Waals surface area contributed by atoms with Crippen LogP contribution < -0.4 is 5.32 Å². The average Bonchev–Trinajstić information content (AvgIpc) is 3.11. The minimum absolute atomic E-state index is 0.182. The number of benzene rings is 1. The van der Waals surface area contributed by atoms with E-state index < -0.39 is 0 Å². The highest BCUT2D eigenvalue weighted by Crippen LogP contribution is 2.15. The summed E-state index contributed by atoms with van der Waals surface area (Å²) in [7, 11) is 0. The zero-order chi connectivity index (χ0) is 14.7. The monoisotopic (exact) mass is 345 g/mol. The summed E-state index contributed by atoms with van der Waals surface area (Å²) in [5, 5.41) is 6.92. The van der Waals surface area contributed by atoms with Crippen molar-refractivity contribution in [1.82, 2.24) is 19.7 Å². The molecular formula is C14H12BrN5O. The molecule has 0 fully saturated rings. The molecule has 0 unspecified atom stereocenters. The SMILES string of the molecule is O=C(Nc1cccc(Cn2cncn2)c1)c1cc(Br)c[nH]1. The Hall–Kier alpha value is -2.41. The van der Waals surface area contributed by atoms with Crippen LogP contribution in [0.2, 0.25) is 0 Å². The van der Waals surface area contributed by atoms with Crippen molar-refractivity contribution in [2.75, 3.05) is 5.32 Å². The molecule has 0 radical (unpaired) electrons. The van der Waals surface area contributed by atoms with Crippen LogP contribution in [0, 0.1) is 0 Å². The van der Waals surface area contributed by atoms with Gasteiger partial charge in [-0.3, -0.25) is 4.79 Å². The van der Waals surface area contributed by atoms with Gasteiger partial charge < -0.3 is 10.3 Å². The first-order chi connectivity index (χ1) is 10.2. The number of hydrogen-bond acceptors (Lipinski definition) is 3. The molecule has 3 aromatic rings. The lowest BCUT2D eigenvalue weighted by Gasteiger charge is -2.06. The van der Waals surface area contributed by atoms with Crippen molar-refractivity contribution in [3.63, 3.8) is 0 Å². The first-order valence-corrected chi connectivity index (χ1v) is 7.06. The molecule has 2 heterocycles. The fourth-order valence-electron chi connectivity index (χ4n) is 1.95. The minimum Gasteiger partial charge on any atom is -0.356 e. The van der Waals surface area contributed by atoms with Gasteiger partial charge in [0.25, 0.3) is 5.91 Å². The number of amides is 1. The van der Waals surface area contributed by atoms with Crippen molar-refractivity contribution in [2.45, 2.75) is 6.54 Å². The maximum Gasteiger partial charge on any atom is 0.272 e. The van der Waals surface area contributed by atoms with Gasteiger partial charge in [-0.15, -0.1) is 0 Å². The largest absolute Gasteiger partial charge is 0.356 e. The summed E-state index contributed by atoms with van der Waals surface area (Å²) >= 11 is 3.30. The van der Waals surface area contributed by atoms with Crippen molar-refractivity contribution < 1.29 is 4.79 Å². The number of aromatic nitrogens is 4. The number of hydrogen-bond donors (Lipinski definition) is 2. The predicted molar refractivity (Wildman–Crippen MR) is 82.0 cm³/mol. The van der Waals surface area contributed by atoms with Crippen LogP contribution in [0.5, 0.6) is 0 Å². The fraction of sp³-hybridized carbons (Fsp3) is 0.0714. The number of carbonyl (C=O) groups excluding carboxylic acids is 1. The molecule has 7 heteroatoms. The summed E-state index contributed by atoms with van der Waals surface area (Å²) in [6.45, 7) is 0.609.